The number of hydrogen-bond acceptors (Lipinski definition) is 8. The minimum absolute atomic E-state index is 0.234. The molecule has 0 spiro atoms. The molecule has 8 heteroatoms. The molecule has 0 atom stereocenters. The second-order valence-corrected chi connectivity index (χ2v) is 6.79. The third-order valence-electron chi connectivity index (χ3n) is 3.42. The van der Waals surface area contributed by atoms with Gasteiger partial charge in [0.1, 0.15) is 12.1 Å². The molecular weight excluding hydrogens is 336 g/mol. The standard InChI is InChI=1S/C17H20N6OS/c1-11-4-6-12(7-5-11)15-19-13(8-24-15)9-25-10-14-20-16(18)22-17(21-14)23(2)3/h4-8H,9-10H2,1-3H3,(H2,18,20,21,22). The van der Waals surface area contributed by atoms with Crippen LogP contribution >= 0.6 is 11.8 Å². The first-order chi connectivity index (χ1) is 12.0. The van der Waals surface area contributed by atoms with Gasteiger partial charge in [-0.05, 0) is 19.1 Å². The summed E-state index contributed by atoms with van der Waals surface area (Å²) in [5.41, 5.74) is 8.80. The molecule has 0 amide bonds. The predicted octanol–water partition coefficient (Wildman–Crippen LogP) is 2.92. The highest BCUT2D eigenvalue weighted by Crippen LogP contribution is 2.22. The SMILES string of the molecule is Cc1ccc(-c2nc(CSCc3nc(N)nc(N(C)C)n3)co2)cc1. The Bertz CT molecular complexity index is 847. The molecule has 2 N–H and O–H groups in total. The molecule has 130 valence electrons. The highest BCUT2D eigenvalue weighted by Gasteiger charge is 2.09. The van der Waals surface area contributed by atoms with Crippen LogP contribution in [0.3, 0.4) is 0 Å². The average molecular weight is 356 g/mol. The van der Waals surface area contributed by atoms with E-state index < -0.39 is 0 Å². The van der Waals surface area contributed by atoms with Crippen LogP contribution in [0.15, 0.2) is 34.9 Å². The number of nitrogen functional groups attached to an aromatic ring is 1. The van der Waals surface area contributed by atoms with E-state index in [4.69, 9.17) is 10.2 Å². The van der Waals surface area contributed by atoms with Crippen LogP contribution in [0, 0.1) is 6.92 Å². The van der Waals surface area contributed by atoms with E-state index in [1.807, 2.05) is 38.4 Å². The van der Waals surface area contributed by atoms with Crippen LogP contribution in [0.2, 0.25) is 0 Å². The first kappa shape index (κ1) is 17.2. The molecule has 2 aromatic heterocycles. The summed E-state index contributed by atoms with van der Waals surface area (Å²) in [6.45, 7) is 2.05. The van der Waals surface area contributed by atoms with Crippen molar-refractivity contribution in [3.05, 3.63) is 47.6 Å². The number of nitrogens with zero attached hydrogens (tertiary/aromatic N) is 5. The van der Waals surface area contributed by atoms with Crippen molar-refractivity contribution in [2.24, 2.45) is 0 Å². The molecule has 2 heterocycles. The minimum atomic E-state index is 0.234. The van der Waals surface area contributed by atoms with Gasteiger partial charge in [0.05, 0.1) is 11.4 Å². The lowest BCUT2D eigenvalue weighted by molar-refractivity contribution is 0.573. The highest BCUT2D eigenvalue weighted by atomic mass is 32.2. The molecule has 25 heavy (non-hydrogen) atoms. The number of anilines is 2. The van der Waals surface area contributed by atoms with E-state index in [2.05, 4.69) is 26.9 Å². The van der Waals surface area contributed by atoms with Crippen LogP contribution in [0.5, 0.6) is 0 Å². The van der Waals surface area contributed by atoms with Gasteiger partial charge in [0, 0.05) is 25.4 Å². The molecule has 3 rings (SSSR count). The Morgan fingerprint density at radius 1 is 1.04 bits per heavy atom. The van der Waals surface area contributed by atoms with Gasteiger partial charge in [-0.1, -0.05) is 17.7 Å². The van der Waals surface area contributed by atoms with Crippen LogP contribution in [-0.2, 0) is 11.5 Å². The molecule has 0 radical (unpaired) electrons. The van der Waals surface area contributed by atoms with Crippen LogP contribution in [0.4, 0.5) is 11.9 Å². The summed E-state index contributed by atoms with van der Waals surface area (Å²) in [4.78, 5) is 19.0. The van der Waals surface area contributed by atoms with E-state index in [1.165, 1.54) is 5.56 Å². The number of hydrogen-bond donors (Lipinski definition) is 1. The van der Waals surface area contributed by atoms with Gasteiger partial charge in [-0.2, -0.15) is 15.0 Å². The molecule has 0 bridgehead atoms. The van der Waals surface area contributed by atoms with Crippen LogP contribution < -0.4 is 10.6 Å². The van der Waals surface area contributed by atoms with Gasteiger partial charge in [-0.15, -0.1) is 11.8 Å². The Balaban J connectivity index is 1.60. The lowest BCUT2D eigenvalue weighted by Crippen LogP contribution is -2.15. The molecule has 0 saturated carbocycles. The Morgan fingerprint density at radius 2 is 1.80 bits per heavy atom. The molecule has 0 fully saturated rings. The van der Waals surface area contributed by atoms with Crippen molar-refractivity contribution in [2.75, 3.05) is 24.7 Å². The van der Waals surface area contributed by atoms with Crippen molar-refractivity contribution < 1.29 is 4.42 Å². The number of aromatic nitrogens is 4. The number of benzene rings is 1. The normalized spacial score (nSPS) is 10.8. The quantitative estimate of drug-likeness (QED) is 0.720. The molecular formula is C17H20N6OS. The van der Waals surface area contributed by atoms with E-state index in [-0.39, 0.29) is 5.95 Å². The molecule has 0 aliphatic carbocycles. The molecule has 7 nitrogen and oxygen atoms in total. The van der Waals surface area contributed by atoms with E-state index in [9.17, 15) is 0 Å². The molecule has 0 unspecified atom stereocenters. The topological polar surface area (TPSA) is 94.0 Å². The van der Waals surface area contributed by atoms with Gasteiger partial charge in [-0.25, -0.2) is 4.98 Å². The lowest BCUT2D eigenvalue weighted by Gasteiger charge is -2.11. The second kappa shape index (κ2) is 7.52. The number of rotatable bonds is 6. The number of oxazole rings is 1. The van der Waals surface area contributed by atoms with E-state index in [1.54, 1.807) is 22.9 Å². The third-order valence-corrected chi connectivity index (χ3v) is 4.38. The van der Waals surface area contributed by atoms with E-state index in [0.29, 0.717) is 29.2 Å². The number of nitrogens with two attached hydrogens (primary N) is 1. The van der Waals surface area contributed by atoms with Crippen molar-refractivity contribution in [2.45, 2.75) is 18.4 Å². The summed E-state index contributed by atoms with van der Waals surface area (Å²) in [7, 11) is 3.74. The van der Waals surface area contributed by atoms with Crippen LogP contribution in [0.25, 0.3) is 11.5 Å². The summed E-state index contributed by atoms with van der Waals surface area (Å²) >= 11 is 1.65. The first-order valence-electron chi connectivity index (χ1n) is 7.78. The number of thioether (sulfide) groups is 1. The summed E-state index contributed by atoms with van der Waals surface area (Å²) < 4.78 is 5.57. The minimum Gasteiger partial charge on any atom is -0.444 e. The monoisotopic (exact) mass is 356 g/mol. The van der Waals surface area contributed by atoms with Crippen molar-refractivity contribution >= 4 is 23.7 Å². The fourth-order valence-electron chi connectivity index (χ4n) is 2.14. The van der Waals surface area contributed by atoms with Crippen molar-refractivity contribution in [1.29, 1.82) is 0 Å². The van der Waals surface area contributed by atoms with Gasteiger partial charge in [0.2, 0.25) is 17.8 Å². The summed E-state index contributed by atoms with van der Waals surface area (Å²) in [6, 6.07) is 8.10. The zero-order valence-electron chi connectivity index (χ0n) is 14.4. The first-order valence-corrected chi connectivity index (χ1v) is 8.93. The summed E-state index contributed by atoms with van der Waals surface area (Å²) in [6.07, 6.45) is 1.69. The summed E-state index contributed by atoms with van der Waals surface area (Å²) in [5, 5.41) is 0. The Morgan fingerprint density at radius 3 is 2.52 bits per heavy atom. The maximum Gasteiger partial charge on any atom is 0.229 e. The van der Waals surface area contributed by atoms with Crippen molar-refractivity contribution in [3.63, 3.8) is 0 Å². The summed E-state index contributed by atoms with van der Waals surface area (Å²) in [5.74, 6) is 3.42. The average Bonchev–Trinajstić information content (AvgIpc) is 3.04. The van der Waals surface area contributed by atoms with Gasteiger partial charge >= 0.3 is 0 Å². The van der Waals surface area contributed by atoms with Gasteiger partial charge < -0.3 is 15.1 Å². The van der Waals surface area contributed by atoms with Crippen molar-refractivity contribution in [3.8, 4) is 11.5 Å². The lowest BCUT2D eigenvalue weighted by atomic mass is 10.1. The van der Waals surface area contributed by atoms with Gasteiger partial charge in [0.15, 0.2) is 0 Å². The fraction of sp³-hybridized carbons (Fsp3) is 0.294. The van der Waals surface area contributed by atoms with Gasteiger partial charge in [-0.3, -0.25) is 0 Å². The Labute approximate surface area is 150 Å². The molecule has 1 aromatic carbocycles. The predicted molar refractivity (Wildman–Crippen MR) is 100 cm³/mol. The maximum atomic E-state index is 5.73. The second-order valence-electron chi connectivity index (χ2n) is 5.81. The fourth-order valence-corrected chi connectivity index (χ4v) is 2.89. The van der Waals surface area contributed by atoms with Gasteiger partial charge in [0.25, 0.3) is 0 Å². The van der Waals surface area contributed by atoms with Crippen LogP contribution in [0.1, 0.15) is 17.1 Å². The zero-order chi connectivity index (χ0) is 17.8. The molecule has 0 aliphatic rings. The van der Waals surface area contributed by atoms with Crippen molar-refractivity contribution in [1.82, 2.24) is 19.9 Å². The highest BCUT2D eigenvalue weighted by molar-refractivity contribution is 7.97. The Hall–Kier alpha value is -2.61. The third kappa shape index (κ3) is 4.48. The molecule has 0 saturated heterocycles. The maximum absolute atomic E-state index is 5.73. The number of aryl methyl sites for hydroxylation is 1. The van der Waals surface area contributed by atoms with E-state index >= 15 is 0 Å². The Kier molecular flexibility index (Phi) is 5.18. The largest absolute Gasteiger partial charge is 0.444 e. The molecule has 3 aromatic rings. The molecule has 0 aliphatic heterocycles. The zero-order valence-corrected chi connectivity index (χ0v) is 15.2. The van der Waals surface area contributed by atoms with Crippen LogP contribution in [-0.4, -0.2) is 34.0 Å². The smallest absolute Gasteiger partial charge is 0.229 e. The van der Waals surface area contributed by atoms with E-state index in [0.717, 1.165) is 11.3 Å².